The highest BCUT2D eigenvalue weighted by atomic mass is 19.2. The van der Waals surface area contributed by atoms with E-state index in [0.717, 1.165) is 17.7 Å². The van der Waals surface area contributed by atoms with Crippen molar-refractivity contribution in [2.45, 2.75) is 6.92 Å². The van der Waals surface area contributed by atoms with Gasteiger partial charge in [-0.1, -0.05) is 0 Å². The quantitative estimate of drug-likeness (QED) is 0.879. The van der Waals surface area contributed by atoms with Crippen LogP contribution >= 0.6 is 0 Å². The van der Waals surface area contributed by atoms with E-state index in [1.165, 1.54) is 12.4 Å². The molecule has 94 valence electrons. The molecule has 2 N–H and O–H groups in total. The fourth-order valence-corrected chi connectivity index (χ4v) is 1.54. The Labute approximate surface area is 103 Å². The predicted molar refractivity (Wildman–Crippen MR) is 66.0 cm³/mol. The molecule has 6 heteroatoms. The first-order valence-corrected chi connectivity index (χ1v) is 5.33. The van der Waals surface area contributed by atoms with E-state index in [9.17, 15) is 8.78 Å². The predicted octanol–water partition coefficient (Wildman–Crippen LogP) is 2.85. The molecule has 0 saturated heterocycles. The Hall–Kier alpha value is -2.24. The summed E-state index contributed by atoms with van der Waals surface area (Å²) in [7, 11) is 1.75. The smallest absolute Gasteiger partial charge is 0.160 e. The second-order valence-electron chi connectivity index (χ2n) is 3.70. The highest BCUT2D eigenvalue weighted by Gasteiger charge is 2.07. The van der Waals surface area contributed by atoms with E-state index in [0.29, 0.717) is 17.3 Å². The van der Waals surface area contributed by atoms with Crippen LogP contribution in [0, 0.1) is 18.6 Å². The summed E-state index contributed by atoms with van der Waals surface area (Å²) in [5, 5.41) is 5.83. The van der Waals surface area contributed by atoms with Crippen LogP contribution in [-0.2, 0) is 0 Å². The van der Waals surface area contributed by atoms with Gasteiger partial charge in [0, 0.05) is 24.4 Å². The average Bonchev–Trinajstić information content (AvgIpc) is 2.36. The molecule has 0 amide bonds. The minimum Gasteiger partial charge on any atom is -0.373 e. The van der Waals surface area contributed by atoms with Gasteiger partial charge in [-0.15, -0.1) is 0 Å². The maximum absolute atomic E-state index is 13.1. The molecular formula is C12H12F2N4. The summed E-state index contributed by atoms with van der Waals surface area (Å²) in [6, 6.07) is 3.59. The van der Waals surface area contributed by atoms with Crippen molar-refractivity contribution in [2.24, 2.45) is 0 Å². The summed E-state index contributed by atoms with van der Waals surface area (Å²) < 4.78 is 25.9. The van der Waals surface area contributed by atoms with Crippen LogP contribution in [0.25, 0.3) is 0 Å². The van der Waals surface area contributed by atoms with Crippen LogP contribution in [0.2, 0.25) is 0 Å². The van der Waals surface area contributed by atoms with Gasteiger partial charge < -0.3 is 10.6 Å². The van der Waals surface area contributed by atoms with Gasteiger partial charge in [0.15, 0.2) is 11.6 Å². The summed E-state index contributed by atoms with van der Waals surface area (Å²) in [6.45, 7) is 1.83. The summed E-state index contributed by atoms with van der Waals surface area (Å²) in [4.78, 5) is 8.09. The maximum atomic E-state index is 13.1. The number of hydrogen-bond donors (Lipinski definition) is 2. The number of halogens is 2. The minimum absolute atomic E-state index is 0.428. The highest BCUT2D eigenvalue weighted by molar-refractivity contribution is 5.64. The maximum Gasteiger partial charge on any atom is 0.160 e. The third-order valence-electron chi connectivity index (χ3n) is 2.50. The third-order valence-corrected chi connectivity index (χ3v) is 2.50. The second kappa shape index (κ2) is 4.95. The molecule has 2 aromatic rings. The van der Waals surface area contributed by atoms with Crippen molar-refractivity contribution in [1.82, 2.24) is 9.97 Å². The fraction of sp³-hybridized carbons (Fsp3) is 0.167. The Kier molecular flexibility index (Phi) is 3.36. The molecule has 0 aliphatic carbocycles. The van der Waals surface area contributed by atoms with Gasteiger partial charge in [-0.25, -0.2) is 18.7 Å². The Morgan fingerprint density at radius 3 is 2.44 bits per heavy atom. The molecule has 1 heterocycles. The van der Waals surface area contributed by atoms with E-state index in [-0.39, 0.29) is 0 Å². The van der Waals surface area contributed by atoms with Crippen LogP contribution in [-0.4, -0.2) is 17.0 Å². The first kappa shape index (κ1) is 12.2. The zero-order valence-corrected chi connectivity index (χ0v) is 9.96. The molecule has 18 heavy (non-hydrogen) atoms. The van der Waals surface area contributed by atoms with Crippen LogP contribution in [0.4, 0.5) is 26.1 Å². The Balaban J connectivity index is 2.31. The van der Waals surface area contributed by atoms with E-state index in [4.69, 9.17) is 0 Å². The van der Waals surface area contributed by atoms with Gasteiger partial charge >= 0.3 is 0 Å². The van der Waals surface area contributed by atoms with Crippen molar-refractivity contribution in [2.75, 3.05) is 17.7 Å². The molecule has 4 nitrogen and oxygen atoms in total. The zero-order valence-electron chi connectivity index (χ0n) is 9.96. The van der Waals surface area contributed by atoms with E-state index < -0.39 is 11.6 Å². The number of nitrogens with one attached hydrogen (secondary N) is 2. The van der Waals surface area contributed by atoms with Crippen LogP contribution < -0.4 is 10.6 Å². The van der Waals surface area contributed by atoms with E-state index in [1.54, 1.807) is 7.05 Å². The molecule has 2 rings (SSSR count). The van der Waals surface area contributed by atoms with Gasteiger partial charge in [0.25, 0.3) is 0 Å². The van der Waals surface area contributed by atoms with Crippen molar-refractivity contribution >= 4 is 17.3 Å². The van der Waals surface area contributed by atoms with Crippen LogP contribution in [0.1, 0.15) is 5.56 Å². The third kappa shape index (κ3) is 2.37. The second-order valence-corrected chi connectivity index (χ2v) is 3.70. The lowest BCUT2D eigenvalue weighted by atomic mass is 10.2. The van der Waals surface area contributed by atoms with Crippen LogP contribution in [0.15, 0.2) is 24.5 Å². The molecule has 0 atom stereocenters. The first-order valence-electron chi connectivity index (χ1n) is 5.33. The largest absolute Gasteiger partial charge is 0.373 e. The molecular weight excluding hydrogens is 238 g/mol. The monoisotopic (exact) mass is 250 g/mol. The molecule has 0 radical (unpaired) electrons. The number of anilines is 3. The topological polar surface area (TPSA) is 49.8 Å². The number of aromatic nitrogens is 2. The minimum atomic E-state index is -0.902. The molecule has 1 aromatic heterocycles. The van der Waals surface area contributed by atoms with Gasteiger partial charge in [-0.3, -0.25) is 0 Å². The van der Waals surface area contributed by atoms with E-state index >= 15 is 0 Å². The van der Waals surface area contributed by atoms with E-state index in [2.05, 4.69) is 20.6 Å². The van der Waals surface area contributed by atoms with E-state index in [1.807, 2.05) is 6.92 Å². The lowest BCUT2D eigenvalue weighted by Crippen LogP contribution is -2.02. The highest BCUT2D eigenvalue weighted by Crippen LogP contribution is 2.22. The molecule has 0 aliphatic rings. The molecule has 0 saturated carbocycles. The summed E-state index contributed by atoms with van der Waals surface area (Å²) in [5.41, 5.74) is 1.22. The molecule has 0 aliphatic heterocycles. The standard InChI is InChI=1S/C12H12F2N4/c1-7-11(15-2)16-6-17-12(7)18-8-3-4-9(13)10(14)5-8/h3-6H,1-2H3,(H2,15,16,17,18). The van der Waals surface area contributed by atoms with Crippen molar-refractivity contribution in [3.05, 3.63) is 41.7 Å². The van der Waals surface area contributed by atoms with Gasteiger partial charge in [-0.2, -0.15) is 0 Å². The molecule has 1 aromatic carbocycles. The lowest BCUT2D eigenvalue weighted by Gasteiger charge is -2.11. The van der Waals surface area contributed by atoms with Crippen molar-refractivity contribution in [3.63, 3.8) is 0 Å². The molecule has 0 bridgehead atoms. The van der Waals surface area contributed by atoms with Gasteiger partial charge in [-0.05, 0) is 19.1 Å². The van der Waals surface area contributed by atoms with Gasteiger partial charge in [0.2, 0.25) is 0 Å². The molecule has 0 unspecified atom stereocenters. The Morgan fingerprint density at radius 2 is 1.78 bits per heavy atom. The zero-order chi connectivity index (χ0) is 13.1. The number of benzene rings is 1. The van der Waals surface area contributed by atoms with Gasteiger partial charge in [0.05, 0.1) is 0 Å². The van der Waals surface area contributed by atoms with Crippen LogP contribution in [0.3, 0.4) is 0 Å². The molecule has 0 spiro atoms. The summed E-state index contributed by atoms with van der Waals surface area (Å²) in [5.74, 6) is -0.563. The summed E-state index contributed by atoms with van der Waals surface area (Å²) >= 11 is 0. The summed E-state index contributed by atoms with van der Waals surface area (Å²) in [6.07, 6.45) is 1.39. The van der Waals surface area contributed by atoms with Crippen molar-refractivity contribution in [1.29, 1.82) is 0 Å². The Morgan fingerprint density at radius 1 is 1.06 bits per heavy atom. The van der Waals surface area contributed by atoms with Crippen LogP contribution in [0.5, 0.6) is 0 Å². The first-order chi connectivity index (χ1) is 8.61. The Bertz CT molecular complexity index is 572. The number of nitrogens with zero attached hydrogens (tertiary/aromatic N) is 2. The number of hydrogen-bond acceptors (Lipinski definition) is 4. The fourth-order valence-electron chi connectivity index (χ4n) is 1.54. The number of rotatable bonds is 3. The van der Waals surface area contributed by atoms with Crippen molar-refractivity contribution in [3.8, 4) is 0 Å². The molecule has 0 fully saturated rings. The average molecular weight is 250 g/mol. The lowest BCUT2D eigenvalue weighted by molar-refractivity contribution is 0.509. The van der Waals surface area contributed by atoms with Gasteiger partial charge in [0.1, 0.15) is 18.0 Å². The SMILES string of the molecule is CNc1ncnc(Nc2ccc(F)c(F)c2)c1C. The van der Waals surface area contributed by atoms with Crippen molar-refractivity contribution < 1.29 is 8.78 Å². The normalized spacial score (nSPS) is 10.2.